The van der Waals surface area contributed by atoms with Crippen LogP contribution in [0.3, 0.4) is 0 Å². The van der Waals surface area contributed by atoms with Gasteiger partial charge in [0.05, 0.1) is 32.2 Å². The Morgan fingerprint density at radius 3 is 2.57 bits per heavy atom. The van der Waals surface area contributed by atoms with E-state index in [0.29, 0.717) is 33.2 Å². The molecule has 4 aromatic rings. The number of aromatic nitrogens is 4. The minimum Gasteiger partial charge on any atom is -0.493 e. The Morgan fingerprint density at radius 2 is 1.84 bits per heavy atom. The molecule has 0 aliphatic heterocycles. The first kappa shape index (κ1) is 26.6. The molecule has 2 aromatic carbocycles. The number of halogens is 1. The molecule has 2 aromatic heterocycles. The fraction of sp³-hybridized carbons (Fsp3) is 0.208. The van der Waals surface area contributed by atoms with Crippen molar-refractivity contribution in [1.29, 1.82) is 0 Å². The van der Waals surface area contributed by atoms with Gasteiger partial charge >= 0.3 is 0 Å². The number of nitrogens with zero attached hydrogens (tertiary/aromatic N) is 4. The van der Waals surface area contributed by atoms with Crippen LogP contribution in [0.1, 0.15) is 16.2 Å². The van der Waals surface area contributed by atoms with Crippen LogP contribution in [0.25, 0.3) is 11.3 Å². The lowest BCUT2D eigenvalue weighted by atomic mass is 10.2. The van der Waals surface area contributed by atoms with Crippen molar-refractivity contribution in [1.82, 2.24) is 25.1 Å². The number of benzene rings is 2. The van der Waals surface area contributed by atoms with Crippen LogP contribution in [0, 0.1) is 0 Å². The van der Waals surface area contributed by atoms with Gasteiger partial charge in [-0.1, -0.05) is 39.8 Å². The molecule has 0 unspecified atom stereocenters. The van der Waals surface area contributed by atoms with Gasteiger partial charge < -0.3 is 24.7 Å². The number of methoxy groups -OCH3 is 2. The summed E-state index contributed by atoms with van der Waals surface area (Å²) in [4.78, 5) is 29.5. The predicted molar refractivity (Wildman–Crippen MR) is 146 cm³/mol. The lowest BCUT2D eigenvalue weighted by Gasteiger charge is -2.10. The molecule has 192 valence electrons. The monoisotopic (exact) mass is 602 g/mol. The molecule has 0 radical (unpaired) electrons. The molecular weight excluding hydrogens is 580 g/mol. The molecule has 0 fully saturated rings. The van der Waals surface area contributed by atoms with Crippen LogP contribution in [-0.4, -0.2) is 51.5 Å². The maximum Gasteiger partial charge on any atom is 0.251 e. The summed E-state index contributed by atoms with van der Waals surface area (Å²) >= 11 is 6.03. The van der Waals surface area contributed by atoms with E-state index in [4.69, 9.17) is 9.47 Å². The van der Waals surface area contributed by atoms with Crippen molar-refractivity contribution in [2.24, 2.45) is 7.05 Å². The first-order valence-corrected chi connectivity index (χ1v) is 13.6. The Balaban J connectivity index is 1.29. The third kappa shape index (κ3) is 6.67. The SMILES string of the molecule is COc1ccc(C(=O)NCc2nnc(SCC(=O)Nc3nc(-c4ccc(Br)cc4)cs3)n2C)cc1OC. The van der Waals surface area contributed by atoms with Gasteiger partial charge in [0.25, 0.3) is 5.91 Å². The smallest absolute Gasteiger partial charge is 0.251 e. The molecule has 0 saturated heterocycles. The number of anilines is 1. The number of thiazole rings is 1. The predicted octanol–water partition coefficient (Wildman–Crippen LogP) is 4.38. The number of rotatable bonds is 10. The topological polar surface area (TPSA) is 120 Å². The molecule has 0 spiro atoms. The zero-order valence-electron chi connectivity index (χ0n) is 20.1. The first-order chi connectivity index (χ1) is 17.9. The Hall–Kier alpha value is -3.42. The van der Waals surface area contributed by atoms with Crippen LogP contribution in [0.2, 0.25) is 0 Å². The van der Waals surface area contributed by atoms with Crippen molar-refractivity contribution in [3.8, 4) is 22.8 Å². The molecule has 37 heavy (non-hydrogen) atoms. The van der Waals surface area contributed by atoms with E-state index < -0.39 is 0 Å². The van der Waals surface area contributed by atoms with Gasteiger partial charge in [0, 0.05) is 28.0 Å². The van der Waals surface area contributed by atoms with Crippen molar-refractivity contribution in [3.63, 3.8) is 0 Å². The highest BCUT2D eigenvalue weighted by Gasteiger charge is 2.15. The molecule has 0 atom stereocenters. The number of thioether (sulfide) groups is 1. The number of hydrogen-bond donors (Lipinski definition) is 2. The highest BCUT2D eigenvalue weighted by atomic mass is 79.9. The van der Waals surface area contributed by atoms with E-state index in [1.807, 2.05) is 29.6 Å². The van der Waals surface area contributed by atoms with Gasteiger partial charge in [-0.3, -0.25) is 9.59 Å². The van der Waals surface area contributed by atoms with Crippen molar-refractivity contribution in [3.05, 3.63) is 63.7 Å². The van der Waals surface area contributed by atoms with Gasteiger partial charge in [0.1, 0.15) is 0 Å². The molecule has 0 aliphatic carbocycles. The average Bonchev–Trinajstić information content (AvgIpc) is 3.52. The summed E-state index contributed by atoms with van der Waals surface area (Å²) in [6.07, 6.45) is 0. The summed E-state index contributed by atoms with van der Waals surface area (Å²) in [7, 11) is 4.82. The van der Waals surface area contributed by atoms with Crippen LogP contribution >= 0.6 is 39.0 Å². The van der Waals surface area contributed by atoms with E-state index in [2.05, 4.69) is 41.7 Å². The Kier molecular flexibility index (Phi) is 8.79. The van der Waals surface area contributed by atoms with E-state index >= 15 is 0 Å². The van der Waals surface area contributed by atoms with Gasteiger partial charge in [0.15, 0.2) is 27.6 Å². The number of amides is 2. The average molecular weight is 604 g/mol. The van der Waals surface area contributed by atoms with Gasteiger partial charge in [-0.15, -0.1) is 21.5 Å². The van der Waals surface area contributed by atoms with Crippen LogP contribution < -0.4 is 20.1 Å². The molecule has 10 nitrogen and oxygen atoms in total. The number of hydrogen-bond acceptors (Lipinski definition) is 9. The largest absolute Gasteiger partial charge is 0.493 e. The van der Waals surface area contributed by atoms with E-state index in [9.17, 15) is 9.59 Å². The number of carbonyl (C=O) groups excluding carboxylic acids is 2. The molecule has 2 N–H and O–H groups in total. The Bertz CT molecular complexity index is 1410. The third-order valence-electron chi connectivity index (χ3n) is 5.20. The maximum atomic E-state index is 12.6. The highest BCUT2D eigenvalue weighted by Crippen LogP contribution is 2.28. The van der Waals surface area contributed by atoms with E-state index in [1.165, 1.54) is 37.3 Å². The molecule has 2 amide bonds. The second-order valence-electron chi connectivity index (χ2n) is 7.59. The number of carbonyl (C=O) groups is 2. The van der Waals surface area contributed by atoms with Crippen LogP contribution in [-0.2, 0) is 18.4 Å². The molecule has 4 rings (SSSR count). The van der Waals surface area contributed by atoms with E-state index in [1.54, 1.807) is 29.8 Å². The fourth-order valence-electron chi connectivity index (χ4n) is 3.23. The van der Waals surface area contributed by atoms with Gasteiger partial charge in [-0.2, -0.15) is 0 Å². The van der Waals surface area contributed by atoms with Gasteiger partial charge in [-0.05, 0) is 30.3 Å². The first-order valence-electron chi connectivity index (χ1n) is 10.9. The third-order valence-corrected chi connectivity index (χ3v) is 7.51. The van der Waals surface area contributed by atoms with Crippen LogP contribution in [0.15, 0.2) is 57.5 Å². The summed E-state index contributed by atoms with van der Waals surface area (Å²) in [5, 5.41) is 16.9. The second-order valence-corrected chi connectivity index (χ2v) is 10.3. The van der Waals surface area contributed by atoms with Crippen LogP contribution in [0.5, 0.6) is 11.5 Å². The minimum atomic E-state index is -0.288. The molecule has 0 aliphatic rings. The van der Waals surface area contributed by atoms with Crippen molar-refractivity contribution in [2.75, 3.05) is 25.3 Å². The summed E-state index contributed by atoms with van der Waals surface area (Å²) in [5.41, 5.74) is 2.20. The van der Waals surface area contributed by atoms with Crippen molar-refractivity contribution in [2.45, 2.75) is 11.7 Å². The van der Waals surface area contributed by atoms with Crippen LogP contribution in [0.4, 0.5) is 5.13 Å². The highest BCUT2D eigenvalue weighted by molar-refractivity contribution is 9.10. The molecular formula is C24H23BrN6O4S2. The van der Waals surface area contributed by atoms with Gasteiger partial charge in [-0.25, -0.2) is 4.98 Å². The molecule has 13 heteroatoms. The molecule has 2 heterocycles. The van der Waals surface area contributed by atoms with Crippen molar-refractivity contribution >= 4 is 56.0 Å². The van der Waals surface area contributed by atoms with Gasteiger partial charge in [0.2, 0.25) is 5.91 Å². The summed E-state index contributed by atoms with van der Waals surface area (Å²) in [6.45, 7) is 0.168. The lowest BCUT2D eigenvalue weighted by Crippen LogP contribution is -2.24. The Morgan fingerprint density at radius 1 is 1.08 bits per heavy atom. The lowest BCUT2D eigenvalue weighted by molar-refractivity contribution is -0.113. The standard InChI is InChI=1S/C24H23BrN6O4S2/c1-31-20(11-26-22(33)15-6-9-18(34-2)19(10-15)35-3)29-30-24(31)37-13-21(32)28-23-27-17(12-36-23)14-4-7-16(25)8-5-14/h4-10,12H,11,13H2,1-3H3,(H,26,33)(H,27,28,32). The molecule has 0 bridgehead atoms. The zero-order valence-corrected chi connectivity index (χ0v) is 23.4. The zero-order chi connectivity index (χ0) is 26.4. The van der Waals surface area contributed by atoms with Crippen molar-refractivity contribution < 1.29 is 19.1 Å². The second kappa shape index (κ2) is 12.2. The maximum absolute atomic E-state index is 12.6. The molecule has 0 saturated carbocycles. The van der Waals surface area contributed by atoms with E-state index in [-0.39, 0.29) is 24.1 Å². The minimum absolute atomic E-state index is 0.136. The Labute approximate surface area is 229 Å². The quantitative estimate of drug-likeness (QED) is 0.257. The fourth-order valence-corrected chi connectivity index (χ4v) is 4.96. The van der Waals surface area contributed by atoms with E-state index in [0.717, 1.165) is 15.7 Å². The normalized spacial score (nSPS) is 10.7. The number of nitrogens with one attached hydrogen (secondary N) is 2. The summed E-state index contributed by atoms with van der Waals surface area (Å²) < 4.78 is 13.2. The summed E-state index contributed by atoms with van der Waals surface area (Å²) in [5.74, 6) is 1.20. The number of ether oxygens (including phenoxy) is 2. The summed E-state index contributed by atoms with van der Waals surface area (Å²) in [6, 6.07) is 12.7.